The summed E-state index contributed by atoms with van der Waals surface area (Å²) < 4.78 is 0. The van der Waals surface area contributed by atoms with Gasteiger partial charge < -0.3 is 11.1 Å². The highest BCUT2D eigenvalue weighted by atomic mass is 16.1. The van der Waals surface area contributed by atoms with E-state index in [-0.39, 0.29) is 17.9 Å². The Morgan fingerprint density at radius 1 is 1.08 bits per heavy atom. The van der Waals surface area contributed by atoms with E-state index in [1.54, 1.807) is 0 Å². The van der Waals surface area contributed by atoms with E-state index < -0.39 is 0 Å². The molecule has 1 amide bonds. The SMILES string of the molecule is NC1C2CCC(C2)C1C(=O)NCC1CCN(Cc2ccccc2)CC1. The topological polar surface area (TPSA) is 58.4 Å². The Hall–Kier alpha value is -1.39. The number of nitrogens with one attached hydrogen (secondary N) is 1. The van der Waals surface area contributed by atoms with Gasteiger partial charge in [-0.2, -0.15) is 0 Å². The van der Waals surface area contributed by atoms with Gasteiger partial charge in [-0.1, -0.05) is 30.3 Å². The summed E-state index contributed by atoms with van der Waals surface area (Å²) in [5.74, 6) is 2.07. The predicted molar refractivity (Wildman–Crippen MR) is 99.7 cm³/mol. The summed E-state index contributed by atoms with van der Waals surface area (Å²) in [7, 11) is 0. The van der Waals surface area contributed by atoms with E-state index in [1.165, 1.54) is 37.7 Å². The van der Waals surface area contributed by atoms with E-state index >= 15 is 0 Å². The molecule has 3 aliphatic rings. The van der Waals surface area contributed by atoms with E-state index in [2.05, 4.69) is 40.5 Å². The second-order valence-corrected chi connectivity index (χ2v) is 8.39. The molecule has 2 saturated carbocycles. The molecule has 1 heterocycles. The van der Waals surface area contributed by atoms with E-state index in [9.17, 15) is 4.79 Å². The number of fused-ring (bicyclic) bond motifs is 2. The molecule has 136 valence electrons. The molecule has 4 atom stereocenters. The minimum Gasteiger partial charge on any atom is -0.356 e. The van der Waals surface area contributed by atoms with Gasteiger partial charge in [0.25, 0.3) is 0 Å². The standard InChI is InChI=1S/C21H31N3O/c22-20-18-7-6-17(12-18)19(20)21(25)23-13-15-8-10-24(11-9-15)14-16-4-2-1-3-5-16/h1-5,15,17-20H,6-14,22H2,(H,23,25). The number of carbonyl (C=O) groups is 1. The van der Waals surface area contributed by atoms with Crippen LogP contribution in [-0.2, 0) is 11.3 Å². The van der Waals surface area contributed by atoms with Crippen LogP contribution in [0.5, 0.6) is 0 Å². The first-order valence-corrected chi connectivity index (χ1v) is 10.0. The Bertz CT molecular complexity index is 580. The van der Waals surface area contributed by atoms with Crippen molar-refractivity contribution in [1.29, 1.82) is 0 Å². The lowest BCUT2D eigenvalue weighted by Gasteiger charge is -2.33. The molecule has 1 aromatic rings. The molecule has 1 saturated heterocycles. The molecule has 1 aromatic carbocycles. The minimum atomic E-state index is 0.0805. The van der Waals surface area contributed by atoms with Crippen LogP contribution >= 0.6 is 0 Å². The number of hydrogen-bond donors (Lipinski definition) is 2. The van der Waals surface area contributed by atoms with Gasteiger partial charge in [-0.05, 0) is 68.5 Å². The van der Waals surface area contributed by atoms with Crippen LogP contribution < -0.4 is 11.1 Å². The van der Waals surface area contributed by atoms with Crippen molar-refractivity contribution in [2.75, 3.05) is 19.6 Å². The number of nitrogens with two attached hydrogens (primary N) is 1. The highest BCUT2D eigenvalue weighted by Gasteiger charge is 2.49. The number of amides is 1. The molecule has 4 nitrogen and oxygen atoms in total. The van der Waals surface area contributed by atoms with Gasteiger partial charge >= 0.3 is 0 Å². The van der Waals surface area contributed by atoms with Crippen molar-refractivity contribution in [3.8, 4) is 0 Å². The second kappa shape index (κ2) is 7.46. The fourth-order valence-electron chi connectivity index (χ4n) is 5.28. The van der Waals surface area contributed by atoms with E-state index in [1.807, 2.05) is 0 Å². The second-order valence-electron chi connectivity index (χ2n) is 8.39. The van der Waals surface area contributed by atoms with Crippen LogP contribution in [0.4, 0.5) is 0 Å². The summed E-state index contributed by atoms with van der Waals surface area (Å²) in [5, 5.41) is 3.24. The van der Waals surface area contributed by atoms with Crippen molar-refractivity contribution >= 4 is 5.91 Å². The lowest BCUT2D eigenvalue weighted by Crippen LogP contribution is -2.47. The van der Waals surface area contributed by atoms with Gasteiger partial charge in [0, 0.05) is 19.1 Å². The number of benzene rings is 1. The summed E-state index contributed by atoms with van der Waals surface area (Å²) >= 11 is 0. The molecule has 0 aromatic heterocycles. The van der Waals surface area contributed by atoms with Gasteiger partial charge in [0.2, 0.25) is 5.91 Å². The lowest BCUT2D eigenvalue weighted by molar-refractivity contribution is -0.127. The molecule has 2 bridgehead atoms. The average molecular weight is 341 g/mol. The monoisotopic (exact) mass is 341 g/mol. The smallest absolute Gasteiger partial charge is 0.224 e. The molecule has 4 unspecified atom stereocenters. The highest BCUT2D eigenvalue weighted by molar-refractivity contribution is 5.80. The summed E-state index contributed by atoms with van der Waals surface area (Å²) in [5.41, 5.74) is 7.69. The molecule has 0 radical (unpaired) electrons. The molecule has 2 aliphatic carbocycles. The Morgan fingerprint density at radius 3 is 2.48 bits per heavy atom. The largest absolute Gasteiger partial charge is 0.356 e. The quantitative estimate of drug-likeness (QED) is 0.864. The Kier molecular flexibility index (Phi) is 5.09. The van der Waals surface area contributed by atoms with Crippen LogP contribution in [0.25, 0.3) is 0 Å². The number of hydrogen-bond acceptors (Lipinski definition) is 3. The van der Waals surface area contributed by atoms with Crippen LogP contribution in [0.15, 0.2) is 30.3 Å². The van der Waals surface area contributed by atoms with Crippen LogP contribution in [0.3, 0.4) is 0 Å². The summed E-state index contributed by atoms with van der Waals surface area (Å²) in [6.07, 6.45) is 5.96. The molecule has 0 spiro atoms. The number of piperidine rings is 1. The normalized spacial score (nSPS) is 32.8. The van der Waals surface area contributed by atoms with Crippen molar-refractivity contribution in [3.63, 3.8) is 0 Å². The highest BCUT2D eigenvalue weighted by Crippen LogP contribution is 2.47. The Balaban J connectivity index is 1.20. The van der Waals surface area contributed by atoms with Crippen LogP contribution in [-0.4, -0.2) is 36.5 Å². The van der Waals surface area contributed by atoms with Gasteiger partial charge in [0.15, 0.2) is 0 Å². The van der Waals surface area contributed by atoms with E-state index in [0.717, 1.165) is 26.2 Å². The lowest BCUT2D eigenvalue weighted by atomic mass is 9.84. The van der Waals surface area contributed by atoms with Crippen molar-refractivity contribution < 1.29 is 4.79 Å². The van der Waals surface area contributed by atoms with Gasteiger partial charge in [-0.15, -0.1) is 0 Å². The molecule has 4 rings (SSSR count). The maximum atomic E-state index is 12.6. The molecular formula is C21H31N3O. The summed E-state index contributed by atoms with van der Waals surface area (Å²) in [6.45, 7) is 4.13. The first-order chi connectivity index (χ1) is 12.2. The molecule has 3 fully saturated rings. The molecule has 25 heavy (non-hydrogen) atoms. The van der Waals surface area contributed by atoms with Crippen molar-refractivity contribution in [2.45, 2.75) is 44.7 Å². The zero-order chi connectivity index (χ0) is 17.2. The molecule has 4 heteroatoms. The molecular weight excluding hydrogens is 310 g/mol. The Labute approximate surface area is 151 Å². The van der Waals surface area contributed by atoms with Gasteiger partial charge in [0.05, 0.1) is 5.92 Å². The first-order valence-electron chi connectivity index (χ1n) is 10.0. The maximum Gasteiger partial charge on any atom is 0.224 e. The van der Waals surface area contributed by atoms with Crippen LogP contribution in [0, 0.1) is 23.7 Å². The summed E-state index contributed by atoms with van der Waals surface area (Å²) in [6, 6.07) is 10.8. The van der Waals surface area contributed by atoms with Crippen molar-refractivity contribution in [1.82, 2.24) is 10.2 Å². The fraction of sp³-hybridized carbons (Fsp3) is 0.667. The van der Waals surface area contributed by atoms with Gasteiger partial charge in [-0.25, -0.2) is 0 Å². The number of carbonyl (C=O) groups excluding carboxylic acids is 1. The number of rotatable bonds is 5. The molecule has 1 aliphatic heterocycles. The summed E-state index contributed by atoms with van der Waals surface area (Å²) in [4.78, 5) is 15.1. The predicted octanol–water partition coefficient (Wildman–Crippen LogP) is 2.39. The van der Waals surface area contributed by atoms with Crippen molar-refractivity contribution in [2.24, 2.45) is 29.4 Å². The number of likely N-dealkylation sites (tertiary alicyclic amines) is 1. The van der Waals surface area contributed by atoms with E-state index in [0.29, 0.717) is 17.8 Å². The zero-order valence-corrected chi connectivity index (χ0v) is 15.1. The first kappa shape index (κ1) is 17.0. The third kappa shape index (κ3) is 3.75. The fourth-order valence-corrected chi connectivity index (χ4v) is 5.28. The Morgan fingerprint density at radius 2 is 1.80 bits per heavy atom. The average Bonchev–Trinajstić information content (AvgIpc) is 3.23. The third-order valence-corrected chi connectivity index (χ3v) is 6.80. The number of nitrogens with zero attached hydrogens (tertiary/aromatic N) is 1. The minimum absolute atomic E-state index is 0.0805. The van der Waals surface area contributed by atoms with Crippen molar-refractivity contribution in [3.05, 3.63) is 35.9 Å². The zero-order valence-electron chi connectivity index (χ0n) is 15.1. The van der Waals surface area contributed by atoms with E-state index in [4.69, 9.17) is 5.73 Å². The van der Waals surface area contributed by atoms with Gasteiger partial charge in [-0.3, -0.25) is 9.69 Å². The van der Waals surface area contributed by atoms with Crippen LogP contribution in [0.1, 0.15) is 37.7 Å². The maximum absolute atomic E-state index is 12.6. The van der Waals surface area contributed by atoms with Gasteiger partial charge in [0.1, 0.15) is 0 Å². The van der Waals surface area contributed by atoms with Crippen LogP contribution in [0.2, 0.25) is 0 Å². The third-order valence-electron chi connectivity index (χ3n) is 6.80. The molecule has 3 N–H and O–H groups in total.